The Kier molecular flexibility index (Phi) is 5.13. The van der Waals surface area contributed by atoms with Crippen LogP contribution in [0.4, 0.5) is 5.69 Å². The van der Waals surface area contributed by atoms with E-state index < -0.39 is 0 Å². The van der Waals surface area contributed by atoms with E-state index in [9.17, 15) is 0 Å². The maximum atomic E-state index is 5.77. The first-order chi connectivity index (χ1) is 8.49. The highest BCUT2D eigenvalue weighted by molar-refractivity contribution is 6.40. The van der Waals surface area contributed by atoms with Gasteiger partial charge in [0.15, 0.2) is 0 Å². The summed E-state index contributed by atoms with van der Waals surface area (Å²) in [5.74, 6) is -0.0900. The van der Waals surface area contributed by atoms with E-state index in [-0.39, 0.29) is 5.96 Å². The number of hydrazone groups is 1. The van der Waals surface area contributed by atoms with Gasteiger partial charge >= 0.3 is 0 Å². The van der Waals surface area contributed by atoms with Crippen LogP contribution in [0.2, 0.25) is 5.02 Å². The number of hydrogen-bond donors (Lipinski definition) is 3. The van der Waals surface area contributed by atoms with Crippen molar-refractivity contribution < 1.29 is 0 Å². The van der Waals surface area contributed by atoms with Crippen molar-refractivity contribution in [2.75, 3.05) is 5.43 Å². The Bertz CT molecular complexity index is 485. The lowest BCUT2D eigenvalue weighted by atomic mass is 10.3. The van der Waals surface area contributed by atoms with Crippen LogP contribution in [0, 0.1) is 0 Å². The monoisotopic (exact) mass is 266 g/mol. The van der Waals surface area contributed by atoms with Gasteiger partial charge in [-0.05, 0) is 38.1 Å². The zero-order valence-electron chi connectivity index (χ0n) is 10.2. The van der Waals surface area contributed by atoms with Gasteiger partial charge in [0, 0.05) is 5.02 Å². The van der Waals surface area contributed by atoms with Crippen LogP contribution in [0.5, 0.6) is 0 Å². The molecule has 0 radical (unpaired) electrons. The van der Waals surface area contributed by atoms with Crippen LogP contribution in [0.1, 0.15) is 13.8 Å². The minimum Gasteiger partial charge on any atom is -0.369 e. The Morgan fingerprint density at radius 2 is 1.67 bits per heavy atom. The molecule has 0 unspecified atom stereocenters. The van der Waals surface area contributed by atoms with Crippen molar-refractivity contribution in [3.05, 3.63) is 29.3 Å². The van der Waals surface area contributed by atoms with Crippen molar-refractivity contribution in [2.45, 2.75) is 13.8 Å². The van der Waals surface area contributed by atoms with E-state index in [4.69, 9.17) is 23.1 Å². The highest BCUT2D eigenvalue weighted by atomic mass is 35.5. The Morgan fingerprint density at radius 1 is 1.06 bits per heavy atom. The second-order valence-electron chi connectivity index (χ2n) is 3.53. The van der Waals surface area contributed by atoms with Gasteiger partial charge in [-0.1, -0.05) is 11.6 Å². The fraction of sp³-hybridized carbons (Fsp3) is 0.182. The Hall–Kier alpha value is -2.08. The lowest BCUT2D eigenvalue weighted by Gasteiger charge is -2.02. The zero-order valence-corrected chi connectivity index (χ0v) is 10.9. The smallest absolute Gasteiger partial charge is 0.211 e. The number of benzene rings is 1. The second-order valence-corrected chi connectivity index (χ2v) is 3.96. The molecule has 96 valence electrons. The molecule has 0 saturated heterocycles. The number of halogens is 1. The highest BCUT2D eigenvalue weighted by Gasteiger charge is 1.97. The topological polar surface area (TPSA) is 101 Å². The van der Waals surface area contributed by atoms with Gasteiger partial charge < -0.3 is 11.5 Å². The molecule has 18 heavy (non-hydrogen) atoms. The number of hydrogen-bond acceptors (Lipinski definition) is 4. The summed E-state index contributed by atoms with van der Waals surface area (Å²) in [5.41, 5.74) is 15.3. The first-order valence-corrected chi connectivity index (χ1v) is 5.56. The van der Waals surface area contributed by atoms with Crippen molar-refractivity contribution >= 4 is 34.7 Å². The molecular weight excluding hydrogens is 252 g/mol. The molecule has 0 aromatic heterocycles. The summed E-state index contributed by atoms with van der Waals surface area (Å²) in [5, 5.41) is 12.2. The first kappa shape index (κ1) is 14.0. The maximum absolute atomic E-state index is 5.77. The van der Waals surface area contributed by atoms with E-state index in [1.807, 2.05) is 12.1 Å². The van der Waals surface area contributed by atoms with Crippen molar-refractivity contribution in [3.8, 4) is 0 Å². The van der Waals surface area contributed by atoms with E-state index in [0.29, 0.717) is 16.4 Å². The van der Waals surface area contributed by atoms with Gasteiger partial charge in [0.25, 0.3) is 0 Å². The van der Waals surface area contributed by atoms with Gasteiger partial charge in [-0.3, -0.25) is 5.43 Å². The van der Waals surface area contributed by atoms with Crippen molar-refractivity contribution in [1.82, 2.24) is 0 Å². The number of nitrogens with one attached hydrogen (secondary N) is 1. The van der Waals surface area contributed by atoms with Crippen molar-refractivity contribution in [1.29, 1.82) is 0 Å². The third-order valence-corrected chi connectivity index (χ3v) is 2.29. The fourth-order valence-electron chi connectivity index (χ4n) is 0.959. The summed E-state index contributed by atoms with van der Waals surface area (Å²) in [6.07, 6.45) is 0. The third-order valence-electron chi connectivity index (χ3n) is 2.04. The maximum Gasteiger partial charge on any atom is 0.211 e. The Labute approximate surface area is 110 Å². The van der Waals surface area contributed by atoms with Gasteiger partial charge in [0.2, 0.25) is 5.96 Å². The zero-order chi connectivity index (χ0) is 13.5. The molecule has 1 aromatic rings. The molecule has 0 spiro atoms. The molecule has 0 aliphatic carbocycles. The minimum atomic E-state index is -0.0900. The molecule has 0 heterocycles. The molecule has 0 aliphatic heterocycles. The second kappa shape index (κ2) is 6.61. The molecule has 0 atom stereocenters. The average Bonchev–Trinajstić information content (AvgIpc) is 2.34. The molecule has 1 aromatic carbocycles. The summed E-state index contributed by atoms with van der Waals surface area (Å²) in [4.78, 5) is 0. The molecule has 0 saturated carbocycles. The fourth-order valence-corrected chi connectivity index (χ4v) is 1.08. The van der Waals surface area contributed by atoms with Crippen LogP contribution < -0.4 is 16.9 Å². The van der Waals surface area contributed by atoms with Gasteiger partial charge in [-0.2, -0.15) is 10.2 Å². The number of rotatable bonds is 4. The molecule has 1 rings (SSSR count). The number of anilines is 1. The summed E-state index contributed by atoms with van der Waals surface area (Å²) in [7, 11) is 0. The number of nitrogens with two attached hydrogens (primary N) is 2. The van der Waals surface area contributed by atoms with Crippen molar-refractivity contribution in [2.24, 2.45) is 26.8 Å². The van der Waals surface area contributed by atoms with E-state index in [1.165, 1.54) is 0 Å². The summed E-state index contributed by atoms with van der Waals surface area (Å²) >= 11 is 5.77. The van der Waals surface area contributed by atoms with Crippen LogP contribution >= 0.6 is 11.6 Å². The molecular formula is C11H15ClN6. The summed E-state index contributed by atoms with van der Waals surface area (Å²) in [6.45, 7) is 3.55. The van der Waals surface area contributed by atoms with E-state index >= 15 is 0 Å². The lowest BCUT2D eigenvalue weighted by Crippen LogP contribution is -2.22. The molecule has 0 aliphatic rings. The standard InChI is InChI=1S/C11H15ClN6/c1-7(8(2)16-18-11(13)14)15-17-10-5-3-9(12)4-6-10/h3-6,17H,1-2H3,(H4,13,14,18)/b15-7-,16-8-. The predicted octanol–water partition coefficient (Wildman–Crippen LogP) is 1.78. The van der Waals surface area contributed by atoms with Crippen LogP contribution in [0.25, 0.3) is 0 Å². The van der Waals surface area contributed by atoms with Crippen LogP contribution in [0.15, 0.2) is 39.6 Å². The SMILES string of the molecule is CC(=N/N=C(N)N)/C(C)=N\Nc1ccc(Cl)cc1. The molecule has 5 N–H and O–H groups in total. The summed E-state index contributed by atoms with van der Waals surface area (Å²) in [6, 6.07) is 7.19. The van der Waals surface area contributed by atoms with Crippen LogP contribution in [-0.2, 0) is 0 Å². The predicted molar refractivity (Wildman–Crippen MR) is 77.1 cm³/mol. The van der Waals surface area contributed by atoms with Gasteiger partial charge in [0.1, 0.15) is 0 Å². The Morgan fingerprint density at radius 3 is 2.22 bits per heavy atom. The lowest BCUT2D eigenvalue weighted by molar-refractivity contribution is 1.20. The normalized spacial score (nSPS) is 12.2. The molecule has 0 fully saturated rings. The first-order valence-electron chi connectivity index (χ1n) is 5.18. The Balaban J connectivity index is 2.69. The molecule has 7 heteroatoms. The molecule has 0 bridgehead atoms. The third kappa shape index (κ3) is 4.84. The largest absolute Gasteiger partial charge is 0.369 e. The highest BCUT2D eigenvalue weighted by Crippen LogP contribution is 2.13. The summed E-state index contributed by atoms with van der Waals surface area (Å²) < 4.78 is 0. The van der Waals surface area contributed by atoms with E-state index in [0.717, 1.165) is 5.69 Å². The van der Waals surface area contributed by atoms with Crippen molar-refractivity contribution in [3.63, 3.8) is 0 Å². The quantitative estimate of drug-likeness (QED) is 0.440. The average molecular weight is 267 g/mol. The number of nitrogens with zero attached hydrogens (tertiary/aromatic N) is 3. The molecule has 0 amide bonds. The van der Waals surface area contributed by atoms with Crippen LogP contribution in [-0.4, -0.2) is 17.4 Å². The van der Waals surface area contributed by atoms with Gasteiger partial charge in [-0.15, -0.1) is 5.10 Å². The molecule has 6 nitrogen and oxygen atoms in total. The van der Waals surface area contributed by atoms with Crippen LogP contribution in [0.3, 0.4) is 0 Å². The number of guanidine groups is 1. The van der Waals surface area contributed by atoms with E-state index in [2.05, 4.69) is 20.7 Å². The van der Waals surface area contributed by atoms with Gasteiger partial charge in [-0.25, -0.2) is 0 Å². The van der Waals surface area contributed by atoms with Gasteiger partial charge in [0.05, 0.1) is 17.1 Å². The van der Waals surface area contributed by atoms with E-state index in [1.54, 1.807) is 26.0 Å². The minimum absolute atomic E-state index is 0.0900.